The van der Waals surface area contributed by atoms with Crippen LogP contribution in [0.3, 0.4) is 0 Å². The quantitative estimate of drug-likeness (QED) is 0.810. The first-order chi connectivity index (χ1) is 10.2. The standard InChI is InChI=1S/C17H20N2O2/c1-2-3-4-9-16(20)18-10-11-19-15(18)12-13-7-5-6-8-14(13)17(19)21/h5-8,12H,2-4,9-11H2,1H3. The molecule has 2 aromatic rings. The van der Waals surface area contributed by atoms with E-state index in [1.165, 1.54) is 0 Å². The summed E-state index contributed by atoms with van der Waals surface area (Å²) in [6, 6.07) is 9.52. The van der Waals surface area contributed by atoms with Gasteiger partial charge in [0.1, 0.15) is 5.82 Å². The molecule has 0 aliphatic carbocycles. The van der Waals surface area contributed by atoms with E-state index in [1.54, 1.807) is 9.47 Å². The fourth-order valence-corrected chi connectivity index (χ4v) is 2.95. The van der Waals surface area contributed by atoms with Crippen molar-refractivity contribution in [3.8, 4) is 0 Å². The summed E-state index contributed by atoms with van der Waals surface area (Å²) in [7, 11) is 0. The predicted molar refractivity (Wildman–Crippen MR) is 84.7 cm³/mol. The largest absolute Gasteiger partial charge is 0.296 e. The number of nitrogens with zero attached hydrogens (tertiary/aromatic N) is 2. The third-order valence-electron chi connectivity index (χ3n) is 4.12. The van der Waals surface area contributed by atoms with Gasteiger partial charge in [0.25, 0.3) is 5.56 Å². The summed E-state index contributed by atoms with van der Waals surface area (Å²) in [5.41, 5.74) is 0.00644. The molecule has 1 aromatic heterocycles. The van der Waals surface area contributed by atoms with Crippen molar-refractivity contribution < 1.29 is 4.79 Å². The van der Waals surface area contributed by atoms with Gasteiger partial charge >= 0.3 is 0 Å². The van der Waals surface area contributed by atoms with E-state index in [1.807, 2.05) is 30.3 Å². The summed E-state index contributed by atoms with van der Waals surface area (Å²) in [5.74, 6) is 0.879. The number of fused-ring (bicyclic) bond motifs is 2. The van der Waals surface area contributed by atoms with E-state index in [2.05, 4.69) is 6.92 Å². The lowest BCUT2D eigenvalue weighted by Gasteiger charge is -2.16. The van der Waals surface area contributed by atoms with Crippen LogP contribution in [0.15, 0.2) is 35.1 Å². The van der Waals surface area contributed by atoms with E-state index in [-0.39, 0.29) is 11.5 Å². The molecule has 1 aliphatic rings. The van der Waals surface area contributed by atoms with Gasteiger partial charge in [0, 0.05) is 24.9 Å². The highest BCUT2D eigenvalue weighted by atomic mass is 16.2. The second-order valence-electron chi connectivity index (χ2n) is 5.55. The highest BCUT2D eigenvalue weighted by molar-refractivity contribution is 5.95. The molecule has 21 heavy (non-hydrogen) atoms. The van der Waals surface area contributed by atoms with Crippen molar-refractivity contribution in [2.45, 2.75) is 39.2 Å². The topological polar surface area (TPSA) is 42.3 Å². The van der Waals surface area contributed by atoms with Crippen LogP contribution in [-0.2, 0) is 11.3 Å². The number of carbonyl (C=O) groups is 1. The lowest BCUT2D eigenvalue weighted by Crippen LogP contribution is -2.29. The molecule has 3 rings (SSSR count). The molecule has 2 heterocycles. The van der Waals surface area contributed by atoms with Gasteiger partial charge in [0.05, 0.1) is 0 Å². The van der Waals surface area contributed by atoms with Crippen molar-refractivity contribution >= 4 is 22.5 Å². The van der Waals surface area contributed by atoms with Gasteiger partial charge in [0.15, 0.2) is 0 Å². The summed E-state index contributed by atoms with van der Waals surface area (Å²) in [4.78, 5) is 26.6. The van der Waals surface area contributed by atoms with E-state index in [0.29, 0.717) is 19.5 Å². The van der Waals surface area contributed by atoms with E-state index in [9.17, 15) is 9.59 Å². The number of hydrogen-bond acceptors (Lipinski definition) is 2. The number of unbranched alkanes of at least 4 members (excludes halogenated alkanes) is 2. The number of anilines is 1. The van der Waals surface area contributed by atoms with Gasteiger partial charge in [-0.05, 0) is 23.9 Å². The minimum absolute atomic E-state index is 0.00644. The Morgan fingerprint density at radius 3 is 2.81 bits per heavy atom. The zero-order chi connectivity index (χ0) is 14.8. The molecule has 4 heteroatoms. The van der Waals surface area contributed by atoms with Gasteiger partial charge in [-0.25, -0.2) is 0 Å². The van der Waals surface area contributed by atoms with Gasteiger partial charge in [-0.1, -0.05) is 38.0 Å². The normalized spacial score (nSPS) is 13.7. The molecular weight excluding hydrogens is 264 g/mol. The number of pyridine rings is 1. The lowest BCUT2D eigenvalue weighted by molar-refractivity contribution is -0.118. The van der Waals surface area contributed by atoms with Crippen LogP contribution in [0.5, 0.6) is 0 Å². The SMILES string of the molecule is CCCCCC(=O)N1CCn2c1cc1ccccc1c2=O. The van der Waals surface area contributed by atoms with E-state index >= 15 is 0 Å². The van der Waals surface area contributed by atoms with E-state index in [4.69, 9.17) is 0 Å². The maximum atomic E-state index is 12.5. The summed E-state index contributed by atoms with van der Waals surface area (Å²) < 4.78 is 1.72. The molecule has 0 spiro atoms. The second-order valence-corrected chi connectivity index (χ2v) is 5.55. The minimum Gasteiger partial charge on any atom is -0.296 e. The summed E-state index contributed by atoms with van der Waals surface area (Å²) >= 11 is 0. The molecule has 0 unspecified atom stereocenters. The van der Waals surface area contributed by atoms with Crippen LogP contribution in [0.4, 0.5) is 5.82 Å². The Morgan fingerprint density at radius 1 is 1.19 bits per heavy atom. The van der Waals surface area contributed by atoms with Crippen molar-refractivity contribution in [1.82, 2.24) is 4.57 Å². The average molecular weight is 284 g/mol. The molecule has 0 radical (unpaired) electrons. The zero-order valence-electron chi connectivity index (χ0n) is 12.3. The number of benzene rings is 1. The summed E-state index contributed by atoms with van der Waals surface area (Å²) in [6.07, 6.45) is 3.66. The first-order valence-corrected chi connectivity index (χ1v) is 7.65. The van der Waals surface area contributed by atoms with Crippen molar-refractivity contribution in [1.29, 1.82) is 0 Å². The highest BCUT2D eigenvalue weighted by Crippen LogP contribution is 2.24. The Bertz CT molecular complexity index is 733. The zero-order valence-corrected chi connectivity index (χ0v) is 12.3. The number of rotatable bonds is 4. The average Bonchev–Trinajstić information content (AvgIpc) is 2.92. The molecule has 0 bridgehead atoms. The molecule has 0 saturated heterocycles. The van der Waals surface area contributed by atoms with Gasteiger partial charge in [-0.15, -0.1) is 0 Å². The molecular formula is C17H20N2O2. The third kappa shape index (κ3) is 2.46. The summed E-state index contributed by atoms with van der Waals surface area (Å²) in [6.45, 7) is 3.33. The number of carbonyl (C=O) groups excluding carboxylic acids is 1. The van der Waals surface area contributed by atoms with Crippen molar-refractivity contribution in [3.05, 3.63) is 40.7 Å². The Balaban J connectivity index is 1.95. The molecule has 1 aliphatic heterocycles. The lowest BCUT2D eigenvalue weighted by atomic mass is 10.1. The second kappa shape index (κ2) is 5.72. The summed E-state index contributed by atoms with van der Waals surface area (Å²) in [5, 5.41) is 1.63. The fraction of sp³-hybridized carbons (Fsp3) is 0.412. The monoisotopic (exact) mass is 284 g/mol. The number of aromatic nitrogens is 1. The Labute approximate surface area is 124 Å². The van der Waals surface area contributed by atoms with E-state index < -0.39 is 0 Å². The van der Waals surface area contributed by atoms with Crippen LogP contribution >= 0.6 is 0 Å². The van der Waals surface area contributed by atoms with Crippen LogP contribution in [0.2, 0.25) is 0 Å². The maximum Gasteiger partial charge on any atom is 0.260 e. The molecule has 1 amide bonds. The first kappa shape index (κ1) is 13.9. The molecule has 0 atom stereocenters. The first-order valence-electron chi connectivity index (χ1n) is 7.65. The van der Waals surface area contributed by atoms with Crippen molar-refractivity contribution in [2.24, 2.45) is 0 Å². The van der Waals surface area contributed by atoms with Crippen molar-refractivity contribution in [2.75, 3.05) is 11.4 Å². The predicted octanol–water partition coefficient (Wildman–Crippen LogP) is 2.93. The molecule has 0 fully saturated rings. The van der Waals surface area contributed by atoms with Crippen molar-refractivity contribution in [3.63, 3.8) is 0 Å². The Kier molecular flexibility index (Phi) is 3.78. The minimum atomic E-state index is 0.00644. The van der Waals surface area contributed by atoms with Crippen LogP contribution in [0.25, 0.3) is 10.8 Å². The fourth-order valence-electron chi connectivity index (χ4n) is 2.95. The molecule has 4 nitrogen and oxygen atoms in total. The Hall–Kier alpha value is -2.10. The number of hydrogen-bond donors (Lipinski definition) is 0. The molecule has 0 N–H and O–H groups in total. The van der Waals surface area contributed by atoms with Crippen LogP contribution in [-0.4, -0.2) is 17.0 Å². The smallest absolute Gasteiger partial charge is 0.260 e. The molecule has 0 saturated carbocycles. The van der Waals surface area contributed by atoms with Gasteiger partial charge in [0.2, 0.25) is 5.91 Å². The van der Waals surface area contributed by atoms with Gasteiger partial charge < -0.3 is 0 Å². The maximum absolute atomic E-state index is 12.5. The van der Waals surface area contributed by atoms with Gasteiger partial charge in [-0.3, -0.25) is 19.1 Å². The van der Waals surface area contributed by atoms with Crippen LogP contribution in [0, 0.1) is 0 Å². The van der Waals surface area contributed by atoms with Gasteiger partial charge in [-0.2, -0.15) is 0 Å². The molecule has 110 valence electrons. The Morgan fingerprint density at radius 2 is 2.00 bits per heavy atom. The third-order valence-corrected chi connectivity index (χ3v) is 4.12. The van der Waals surface area contributed by atoms with Crippen LogP contribution in [0.1, 0.15) is 32.6 Å². The van der Waals surface area contributed by atoms with E-state index in [0.717, 1.165) is 35.9 Å². The van der Waals surface area contributed by atoms with Crippen LogP contribution < -0.4 is 10.5 Å². The highest BCUT2D eigenvalue weighted by Gasteiger charge is 2.25. The number of amides is 1. The molecule has 1 aromatic carbocycles.